The van der Waals surface area contributed by atoms with E-state index in [1.54, 1.807) is 0 Å². The first-order valence-electron chi connectivity index (χ1n) is 16.7. The summed E-state index contributed by atoms with van der Waals surface area (Å²) in [6, 6.07) is 58.8. The number of benzene rings is 7. The summed E-state index contributed by atoms with van der Waals surface area (Å²) in [5.74, 6) is 0.885. The number of rotatable bonds is 4. The second-order valence-electron chi connectivity index (χ2n) is 12.6. The van der Waals surface area contributed by atoms with Crippen LogP contribution >= 0.6 is 0 Å². The number of hydrogen-bond acceptors (Lipinski definition) is 2. The van der Waals surface area contributed by atoms with E-state index in [0.717, 1.165) is 33.5 Å². The van der Waals surface area contributed by atoms with Crippen LogP contribution in [-0.2, 0) is 0 Å². The maximum Gasteiger partial charge on any atom is 0.138 e. The average Bonchev–Trinajstić information content (AvgIpc) is 3.51. The summed E-state index contributed by atoms with van der Waals surface area (Å²) in [6.07, 6.45) is 3.80. The van der Waals surface area contributed by atoms with Gasteiger partial charge in [0.2, 0.25) is 0 Å². The third kappa shape index (κ3) is 4.37. The second-order valence-corrected chi connectivity index (χ2v) is 12.6. The van der Waals surface area contributed by atoms with Gasteiger partial charge in [-0.2, -0.15) is 0 Å². The highest BCUT2D eigenvalue weighted by Gasteiger charge is 2.18. The minimum Gasteiger partial charge on any atom is -0.294 e. The molecule has 10 rings (SSSR count). The molecule has 0 unspecified atom stereocenters. The fourth-order valence-electron chi connectivity index (χ4n) is 7.70. The first-order chi connectivity index (χ1) is 24.3. The third-order valence-electron chi connectivity index (χ3n) is 9.85. The highest BCUT2D eigenvalue weighted by Crippen LogP contribution is 2.44. The summed E-state index contributed by atoms with van der Waals surface area (Å²) >= 11 is 0. The van der Waals surface area contributed by atoms with Crippen molar-refractivity contribution in [2.75, 3.05) is 0 Å². The highest BCUT2D eigenvalue weighted by molar-refractivity contribution is 6.21. The molecule has 0 saturated carbocycles. The van der Waals surface area contributed by atoms with Crippen LogP contribution in [0.4, 0.5) is 0 Å². The van der Waals surface area contributed by atoms with Gasteiger partial charge < -0.3 is 0 Å². The number of hydrogen-bond donors (Lipinski definition) is 0. The fourth-order valence-corrected chi connectivity index (χ4v) is 7.70. The van der Waals surface area contributed by atoms with Gasteiger partial charge in [0.1, 0.15) is 5.82 Å². The van der Waals surface area contributed by atoms with Crippen LogP contribution in [0.25, 0.3) is 93.5 Å². The van der Waals surface area contributed by atoms with Crippen molar-refractivity contribution >= 4 is 54.1 Å². The summed E-state index contributed by atoms with van der Waals surface area (Å²) in [5, 5.41) is 9.77. The van der Waals surface area contributed by atoms with Gasteiger partial charge in [-0.25, -0.2) is 4.98 Å². The Morgan fingerprint density at radius 3 is 1.73 bits per heavy atom. The second kappa shape index (κ2) is 11.0. The van der Waals surface area contributed by atoms with Crippen LogP contribution in [0.1, 0.15) is 0 Å². The predicted molar refractivity (Wildman–Crippen MR) is 205 cm³/mol. The van der Waals surface area contributed by atoms with Crippen molar-refractivity contribution in [2.24, 2.45) is 0 Å². The van der Waals surface area contributed by atoms with Crippen molar-refractivity contribution in [1.82, 2.24) is 14.5 Å². The van der Waals surface area contributed by atoms with Gasteiger partial charge in [-0.05, 0) is 91.0 Å². The minimum absolute atomic E-state index is 0.885. The first-order valence-corrected chi connectivity index (χ1v) is 16.7. The molecule has 0 fully saturated rings. The van der Waals surface area contributed by atoms with Crippen molar-refractivity contribution in [2.45, 2.75) is 0 Å². The number of nitrogens with zero attached hydrogens (tertiary/aromatic N) is 3. The van der Waals surface area contributed by atoms with Gasteiger partial charge in [0.15, 0.2) is 0 Å². The Labute approximate surface area is 283 Å². The highest BCUT2D eigenvalue weighted by atomic mass is 15.1. The molecule has 0 atom stereocenters. The van der Waals surface area contributed by atoms with Crippen molar-refractivity contribution < 1.29 is 0 Å². The van der Waals surface area contributed by atoms with Crippen LogP contribution in [0.3, 0.4) is 0 Å². The molecule has 0 amide bonds. The summed E-state index contributed by atoms with van der Waals surface area (Å²) in [6.45, 7) is 0. The van der Waals surface area contributed by atoms with Crippen LogP contribution in [0.2, 0.25) is 0 Å². The van der Waals surface area contributed by atoms with E-state index < -0.39 is 0 Å². The van der Waals surface area contributed by atoms with Crippen molar-refractivity contribution in [3.8, 4) is 39.3 Å². The molecule has 3 aromatic heterocycles. The number of aromatic nitrogens is 3. The first kappa shape index (κ1) is 27.5. The van der Waals surface area contributed by atoms with Crippen molar-refractivity contribution in [3.63, 3.8) is 0 Å². The lowest BCUT2D eigenvalue weighted by molar-refractivity contribution is 1.08. The normalized spacial score (nSPS) is 11.7. The van der Waals surface area contributed by atoms with E-state index in [1.165, 1.54) is 60.0 Å². The Bertz CT molecular complexity index is 2790. The molecule has 0 aliphatic heterocycles. The molecule has 228 valence electrons. The molecule has 3 heteroatoms. The standard InChI is InChI=1S/C46H29N3/c1-2-12-31-27-34(24-23-30(31)11-1)46-38-18-5-3-16-36(38)45(37-17-4-6-19-39(37)46)33-14-9-13-32(28-33)41-20-10-22-44(48-41)49-42-21-8-7-15-35(42)40-29-47-26-25-43(40)49/h1-29H. The molecule has 0 N–H and O–H groups in total. The van der Waals surface area contributed by atoms with Gasteiger partial charge in [0.05, 0.1) is 16.7 Å². The van der Waals surface area contributed by atoms with Gasteiger partial charge in [0, 0.05) is 28.7 Å². The molecule has 3 heterocycles. The summed E-state index contributed by atoms with van der Waals surface area (Å²) in [5.41, 5.74) is 9.14. The van der Waals surface area contributed by atoms with E-state index in [2.05, 4.69) is 173 Å². The van der Waals surface area contributed by atoms with E-state index in [1.807, 2.05) is 12.4 Å². The maximum absolute atomic E-state index is 5.27. The zero-order valence-corrected chi connectivity index (χ0v) is 26.6. The molecule has 0 aliphatic rings. The van der Waals surface area contributed by atoms with Crippen LogP contribution in [-0.4, -0.2) is 14.5 Å². The van der Waals surface area contributed by atoms with Crippen LogP contribution in [0.15, 0.2) is 176 Å². The Hall–Kier alpha value is -6.58. The van der Waals surface area contributed by atoms with Crippen molar-refractivity contribution in [1.29, 1.82) is 0 Å². The van der Waals surface area contributed by atoms with E-state index in [4.69, 9.17) is 4.98 Å². The third-order valence-corrected chi connectivity index (χ3v) is 9.85. The SMILES string of the molecule is c1cc(-c2cccc(-n3c4ccccc4c4cnccc43)n2)cc(-c2c3ccccc3c(-c3ccc4ccccc4c3)c3ccccc23)c1. The predicted octanol–water partition coefficient (Wildman–Crippen LogP) is 12.0. The molecule has 0 spiro atoms. The lowest BCUT2D eigenvalue weighted by Gasteiger charge is -2.18. The Morgan fingerprint density at radius 1 is 0.388 bits per heavy atom. The Kier molecular flexibility index (Phi) is 6.18. The fraction of sp³-hybridized carbons (Fsp3) is 0. The minimum atomic E-state index is 0.885. The largest absolute Gasteiger partial charge is 0.294 e. The summed E-state index contributed by atoms with van der Waals surface area (Å²) in [7, 11) is 0. The van der Waals surface area contributed by atoms with Gasteiger partial charge >= 0.3 is 0 Å². The number of pyridine rings is 2. The van der Waals surface area contributed by atoms with Crippen LogP contribution < -0.4 is 0 Å². The lowest BCUT2D eigenvalue weighted by atomic mass is 9.85. The average molecular weight is 624 g/mol. The number of fused-ring (bicyclic) bond motifs is 6. The molecular weight excluding hydrogens is 595 g/mol. The molecule has 0 radical (unpaired) electrons. The van der Waals surface area contributed by atoms with Crippen LogP contribution in [0.5, 0.6) is 0 Å². The van der Waals surface area contributed by atoms with Crippen molar-refractivity contribution in [3.05, 3.63) is 176 Å². The van der Waals surface area contributed by atoms with Gasteiger partial charge in [-0.3, -0.25) is 9.55 Å². The zero-order valence-electron chi connectivity index (χ0n) is 26.6. The Balaban J connectivity index is 1.16. The van der Waals surface area contributed by atoms with Gasteiger partial charge in [0.25, 0.3) is 0 Å². The number of para-hydroxylation sites is 1. The molecular formula is C46H29N3. The molecule has 49 heavy (non-hydrogen) atoms. The molecule has 10 aromatic rings. The van der Waals surface area contributed by atoms with Gasteiger partial charge in [-0.1, -0.05) is 127 Å². The molecule has 3 nitrogen and oxygen atoms in total. The van der Waals surface area contributed by atoms with E-state index >= 15 is 0 Å². The maximum atomic E-state index is 5.27. The molecule has 0 bridgehead atoms. The zero-order chi connectivity index (χ0) is 32.3. The Morgan fingerprint density at radius 2 is 0.980 bits per heavy atom. The molecule has 7 aromatic carbocycles. The summed E-state index contributed by atoms with van der Waals surface area (Å²) < 4.78 is 2.24. The monoisotopic (exact) mass is 623 g/mol. The topological polar surface area (TPSA) is 30.7 Å². The quantitative estimate of drug-likeness (QED) is 0.183. The van der Waals surface area contributed by atoms with E-state index in [0.29, 0.717) is 0 Å². The van der Waals surface area contributed by atoms with Crippen LogP contribution in [0, 0.1) is 0 Å². The lowest BCUT2D eigenvalue weighted by Crippen LogP contribution is -1.98. The molecule has 0 saturated heterocycles. The molecule has 0 aliphatic carbocycles. The van der Waals surface area contributed by atoms with E-state index in [-0.39, 0.29) is 0 Å². The van der Waals surface area contributed by atoms with E-state index in [9.17, 15) is 0 Å². The van der Waals surface area contributed by atoms with Gasteiger partial charge in [-0.15, -0.1) is 0 Å². The smallest absolute Gasteiger partial charge is 0.138 e. The summed E-state index contributed by atoms with van der Waals surface area (Å²) in [4.78, 5) is 9.68.